The van der Waals surface area contributed by atoms with Crippen molar-refractivity contribution in [1.82, 2.24) is 10.6 Å². The zero-order valence-corrected chi connectivity index (χ0v) is 11.3. The van der Waals surface area contributed by atoms with Gasteiger partial charge in [0.1, 0.15) is 5.82 Å². The predicted molar refractivity (Wildman–Crippen MR) is 73.5 cm³/mol. The van der Waals surface area contributed by atoms with Crippen molar-refractivity contribution in [2.75, 3.05) is 13.1 Å². The molecule has 1 amide bonds. The van der Waals surface area contributed by atoms with Gasteiger partial charge in [0.25, 0.3) is 0 Å². The Bertz CT molecular complexity index is 419. The van der Waals surface area contributed by atoms with Crippen molar-refractivity contribution in [1.29, 1.82) is 0 Å². The third kappa shape index (κ3) is 4.03. The van der Waals surface area contributed by atoms with Crippen LogP contribution in [0.4, 0.5) is 4.39 Å². The molecule has 0 aliphatic heterocycles. The normalized spacial score (nSPS) is 22.4. The van der Waals surface area contributed by atoms with Crippen LogP contribution in [-0.2, 0) is 4.79 Å². The fourth-order valence-electron chi connectivity index (χ4n) is 2.81. The highest BCUT2D eigenvalue weighted by Crippen LogP contribution is 2.34. The molecule has 2 rings (SSSR count). The Morgan fingerprint density at radius 3 is 2.68 bits per heavy atom. The van der Waals surface area contributed by atoms with Crippen molar-refractivity contribution in [3.8, 4) is 0 Å². The standard InChI is InChI=1S/C15H21FN2O/c1-11(19)17-9-10-18-15-4-2-3-14(15)12-5-7-13(16)8-6-12/h5-8,14-15,18H,2-4,9-10H2,1H3,(H,17,19)/t14-,15+/m0/s1. The van der Waals surface area contributed by atoms with Crippen LogP contribution in [0.3, 0.4) is 0 Å². The van der Waals surface area contributed by atoms with E-state index in [1.54, 1.807) is 0 Å². The summed E-state index contributed by atoms with van der Waals surface area (Å²) < 4.78 is 12.9. The highest BCUT2D eigenvalue weighted by atomic mass is 19.1. The minimum absolute atomic E-state index is 0.00306. The average molecular weight is 264 g/mol. The number of hydrogen-bond acceptors (Lipinski definition) is 2. The van der Waals surface area contributed by atoms with Gasteiger partial charge < -0.3 is 10.6 Å². The molecule has 0 saturated heterocycles. The molecule has 104 valence electrons. The van der Waals surface area contributed by atoms with Crippen molar-refractivity contribution in [2.45, 2.75) is 38.1 Å². The number of rotatable bonds is 5. The molecule has 0 spiro atoms. The summed E-state index contributed by atoms with van der Waals surface area (Å²) >= 11 is 0. The summed E-state index contributed by atoms with van der Waals surface area (Å²) in [5.41, 5.74) is 1.20. The maximum Gasteiger partial charge on any atom is 0.216 e. The second kappa shape index (κ2) is 6.66. The second-order valence-corrected chi connectivity index (χ2v) is 5.13. The largest absolute Gasteiger partial charge is 0.355 e. The first-order valence-electron chi connectivity index (χ1n) is 6.90. The minimum Gasteiger partial charge on any atom is -0.355 e. The monoisotopic (exact) mass is 264 g/mol. The maximum absolute atomic E-state index is 12.9. The van der Waals surface area contributed by atoms with E-state index in [0.717, 1.165) is 19.4 Å². The van der Waals surface area contributed by atoms with E-state index in [1.807, 2.05) is 12.1 Å². The number of amides is 1. The first-order valence-corrected chi connectivity index (χ1v) is 6.90. The third-order valence-electron chi connectivity index (χ3n) is 3.72. The lowest BCUT2D eigenvalue weighted by Crippen LogP contribution is -2.37. The smallest absolute Gasteiger partial charge is 0.216 e. The van der Waals surface area contributed by atoms with E-state index >= 15 is 0 Å². The van der Waals surface area contributed by atoms with Crippen LogP contribution in [0.2, 0.25) is 0 Å². The predicted octanol–water partition coefficient (Wildman–Crippen LogP) is 2.19. The van der Waals surface area contributed by atoms with Crippen molar-refractivity contribution in [3.05, 3.63) is 35.6 Å². The van der Waals surface area contributed by atoms with Gasteiger partial charge in [-0.1, -0.05) is 18.6 Å². The summed E-state index contributed by atoms with van der Waals surface area (Å²) in [4.78, 5) is 10.8. The third-order valence-corrected chi connectivity index (χ3v) is 3.72. The lowest BCUT2D eigenvalue weighted by molar-refractivity contribution is -0.118. The van der Waals surface area contributed by atoms with Gasteiger partial charge in [-0.05, 0) is 36.5 Å². The molecule has 2 N–H and O–H groups in total. The van der Waals surface area contributed by atoms with Gasteiger partial charge >= 0.3 is 0 Å². The molecule has 1 fully saturated rings. The van der Waals surface area contributed by atoms with Crippen molar-refractivity contribution in [2.24, 2.45) is 0 Å². The molecule has 1 aromatic rings. The minimum atomic E-state index is -0.183. The molecular formula is C15H21FN2O. The zero-order chi connectivity index (χ0) is 13.7. The molecule has 0 bridgehead atoms. The number of benzene rings is 1. The van der Waals surface area contributed by atoms with Crippen molar-refractivity contribution < 1.29 is 9.18 Å². The zero-order valence-electron chi connectivity index (χ0n) is 11.3. The van der Waals surface area contributed by atoms with E-state index in [1.165, 1.54) is 31.0 Å². The Morgan fingerprint density at radius 1 is 1.26 bits per heavy atom. The molecule has 2 atom stereocenters. The van der Waals surface area contributed by atoms with Gasteiger partial charge in [0.15, 0.2) is 0 Å². The quantitative estimate of drug-likeness (QED) is 0.800. The fourth-order valence-corrected chi connectivity index (χ4v) is 2.81. The van der Waals surface area contributed by atoms with E-state index in [2.05, 4.69) is 10.6 Å². The van der Waals surface area contributed by atoms with E-state index < -0.39 is 0 Å². The van der Waals surface area contributed by atoms with Gasteiger partial charge in [-0.2, -0.15) is 0 Å². The van der Waals surface area contributed by atoms with Crippen molar-refractivity contribution in [3.63, 3.8) is 0 Å². The second-order valence-electron chi connectivity index (χ2n) is 5.13. The van der Waals surface area contributed by atoms with Gasteiger partial charge in [0.05, 0.1) is 0 Å². The van der Waals surface area contributed by atoms with Gasteiger partial charge in [-0.25, -0.2) is 4.39 Å². The molecule has 4 heteroatoms. The van der Waals surface area contributed by atoms with Gasteiger partial charge in [-0.3, -0.25) is 4.79 Å². The SMILES string of the molecule is CC(=O)NCCN[C@@H]1CCC[C@H]1c1ccc(F)cc1. The molecule has 1 aliphatic carbocycles. The van der Waals surface area contributed by atoms with Gasteiger partial charge in [-0.15, -0.1) is 0 Å². The molecule has 1 saturated carbocycles. The van der Waals surface area contributed by atoms with E-state index in [-0.39, 0.29) is 11.7 Å². The summed E-state index contributed by atoms with van der Waals surface area (Å²) in [5.74, 6) is 0.276. The Balaban J connectivity index is 1.86. The maximum atomic E-state index is 12.9. The Hall–Kier alpha value is -1.42. The summed E-state index contributed by atoms with van der Waals surface area (Å²) in [6.07, 6.45) is 3.48. The van der Waals surface area contributed by atoms with Crippen LogP contribution in [0, 0.1) is 5.82 Å². The van der Waals surface area contributed by atoms with E-state index in [9.17, 15) is 9.18 Å². The number of halogens is 1. The Labute approximate surface area is 113 Å². The van der Waals surface area contributed by atoms with E-state index in [4.69, 9.17) is 0 Å². The molecule has 3 nitrogen and oxygen atoms in total. The summed E-state index contributed by atoms with van der Waals surface area (Å²) in [6.45, 7) is 2.96. The molecule has 1 aliphatic rings. The molecule has 1 aromatic carbocycles. The van der Waals surface area contributed by atoms with Gasteiger partial charge in [0, 0.05) is 26.1 Å². The topological polar surface area (TPSA) is 41.1 Å². The molecule has 0 unspecified atom stereocenters. The molecule has 0 aromatic heterocycles. The number of hydrogen-bond donors (Lipinski definition) is 2. The van der Waals surface area contributed by atoms with Crippen LogP contribution in [0.1, 0.15) is 37.7 Å². The highest BCUT2D eigenvalue weighted by molar-refractivity contribution is 5.72. The first kappa shape index (κ1) is 14.0. The molecule has 19 heavy (non-hydrogen) atoms. The molecule has 0 radical (unpaired) electrons. The van der Waals surface area contributed by atoms with Crippen LogP contribution in [-0.4, -0.2) is 25.0 Å². The van der Waals surface area contributed by atoms with Crippen LogP contribution in [0.15, 0.2) is 24.3 Å². The fraction of sp³-hybridized carbons (Fsp3) is 0.533. The number of carbonyl (C=O) groups excluding carboxylic acids is 1. The lowest BCUT2D eigenvalue weighted by atomic mass is 9.94. The molecule has 0 heterocycles. The Kier molecular flexibility index (Phi) is 4.91. The van der Waals surface area contributed by atoms with Crippen LogP contribution >= 0.6 is 0 Å². The van der Waals surface area contributed by atoms with E-state index in [0.29, 0.717) is 18.5 Å². The Morgan fingerprint density at radius 2 is 2.00 bits per heavy atom. The lowest BCUT2D eigenvalue weighted by Gasteiger charge is -2.21. The van der Waals surface area contributed by atoms with Gasteiger partial charge in [0.2, 0.25) is 5.91 Å². The highest BCUT2D eigenvalue weighted by Gasteiger charge is 2.27. The van der Waals surface area contributed by atoms with Crippen LogP contribution in [0.5, 0.6) is 0 Å². The summed E-state index contributed by atoms with van der Waals surface area (Å²) in [6, 6.07) is 7.25. The number of nitrogens with one attached hydrogen (secondary N) is 2. The first-order chi connectivity index (χ1) is 9.16. The molecular weight excluding hydrogens is 243 g/mol. The van der Waals surface area contributed by atoms with Crippen LogP contribution in [0.25, 0.3) is 0 Å². The van der Waals surface area contributed by atoms with Crippen LogP contribution < -0.4 is 10.6 Å². The summed E-state index contributed by atoms with van der Waals surface area (Å²) in [5, 5.41) is 6.27. The number of carbonyl (C=O) groups is 1. The van der Waals surface area contributed by atoms with Crippen molar-refractivity contribution >= 4 is 5.91 Å². The average Bonchev–Trinajstić information content (AvgIpc) is 2.84. The summed E-state index contributed by atoms with van der Waals surface area (Å²) in [7, 11) is 0.